The summed E-state index contributed by atoms with van der Waals surface area (Å²) in [4.78, 5) is 13.8. The van der Waals surface area contributed by atoms with Crippen molar-refractivity contribution in [1.82, 2.24) is 20.3 Å². The quantitative estimate of drug-likeness (QED) is 0.338. The number of thiazole rings is 1. The molecule has 0 radical (unpaired) electrons. The van der Waals surface area contributed by atoms with Crippen molar-refractivity contribution in [3.8, 4) is 10.4 Å². The zero-order valence-electron chi connectivity index (χ0n) is 18.7. The lowest BCUT2D eigenvalue weighted by atomic mass is 10.1. The third kappa shape index (κ3) is 6.06. The number of hydrogen-bond acceptors (Lipinski definition) is 8. The summed E-state index contributed by atoms with van der Waals surface area (Å²) in [7, 11) is 1.86. The first-order valence-corrected chi connectivity index (χ1v) is 11.8. The number of nitrogen functional groups attached to an aromatic ring is 1. The van der Waals surface area contributed by atoms with E-state index in [4.69, 9.17) is 5.73 Å². The van der Waals surface area contributed by atoms with Crippen LogP contribution < -0.4 is 21.7 Å². The van der Waals surface area contributed by atoms with Crippen LogP contribution in [0.1, 0.15) is 18.4 Å². The fourth-order valence-electron chi connectivity index (χ4n) is 3.68. The van der Waals surface area contributed by atoms with E-state index in [1.165, 1.54) is 24.2 Å². The SMILES string of the molecule is C=Cc1ccnc(NC2CCNCC2)c1.CNc1cc2cc(-c3cnc(N)s3)ccc2cn1. The summed E-state index contributed by atoms with van der Waals surface area (Å²) >= 11 is 1.49. The van der Waals surface area contributed by atoms with Gasteiger partial charge in [-0.1, -0.05) is 36.1 Å². The molecule has 7 nitrogen and oxygen atoms in total. The molecule has 0 saturated carbocycles. The first kappa shape index (κ1) is 22.7. The maximum absolute atomic E-state index is 5.66. The highest BCUT2D eigenvalue weighted by atomic mass is 32.1. The van der Waals surface area contributed by atoms with Crippen LogP contribution in [0.3, 0.4) is 0 Å². The standard InChI is InChI=1S/C13H12N4S.C12H17N3/c1-15-12-5-10-4-8(2-3-9(10)6-16-12)11-7-17-13(14)18-11;1-2-10-3-8-14-12(9-10)15-11-4-6-13-7-5-11/h2-7H,1H3,(H2,14,17)(H,15,16);2-3,8-9,11,13H,1,4-7H2,(H,14,15). The second kappa shape index (κ2) is 10.9. The Morgan fingerprint density at radius 2 is 1.88 bits per heavy atom. The molecular weight excluding hydrogens is 430 g/mol. The summed E-state index contributed by atoms with van der Waals surface area (Å²) in [5, 5.41) is 12.7. The number of hydrogen-bond donors (Lipinski definition) is 4. The molecule has 0 bridgehead atoms. The van der Waals surface area contributed by atoms with Gasteiger partial charge in [0, 0.05) is 37.1 Å². The van der Waals surface area contributed by atoms with Gasteiger partial charge in [-0.2, -0.15) is 0 Å². The normalized spacial score (nSPS) is 13.7. The first-order valence-electron chi connectivity index (χ1n) is 11.0. The summed E-state index contributed by atoms with van der Waals surface area (Å²) in [6.07, 6.45) is 9.67. The highest BCUT2D eigenvalue weighted by Crippen LogP contribution is 2.30. The van der Waals surface area contributed by atoms with Crippen LogP contribution in [0.4, 0.5) is 16.8 Å². The molecule has 4 aromatic rings. The lowest BCUT2D eigenvalue weighted by Crippen LogP contribution is -2.35. The maximum Gasteiger partial charge on any atom is 0.180 e. The molecule has 3 aromatic heterocycles. The van der Waals surface area contributed by atoms with Crippen molar-refractivity contribution < 1.29 is 0 Å². The number of benzene rings is 1. The number of rotatable bonds is 5. The minimum Gasteiger partial charge on any atom is -0.375 e. The number of nitrogens with zero attached hydrogens (tertiary/aromatic N) is 3. The third-order valence-electron chi connectivity index (χ3n) is 5.50. The fraction of sp³-hybridized carbons (Fsp3) is 0.240. The molecule has 5 N–H and O–H groups in total. The van der Waals surface area contributed by atoms with Crippen molar-refractivity contribution in [1.29, 1.82) is 0 Å². The van der Waals surface area contributed by atoms with Crippen molar-refractivity contribution in [3.63, 3.8) is 0 Å². The Morgan fingerprint density at radius 1 is 1.03 bits per heavy atom. The van der Waals surface area contributed by atoms with E-state index >= 15 is 0 Å². The van der Waals surface area contributed by atoms with Crippen molar-refractivity contribution in [2.24, 2.45) is 0 Å². The van der Waals surface area contributed by atoms with Gasteiger partial charge in [0.15, 0.2) is 5.13 Å². The number of anilines is 3. The van der Waals surface area contributed by atoms with Crippen molar-refractivity contribution >= 4 is 45.0 Å². The van der Waals surface area contributed by atoms with Gasteiger partial charge in [0.1, 0.15) is 11.6 Å². The minimum atomic E-state index is 0.554. The summed E-state index contributed by atoms with van der Waals surface area (Å²) in [5.41, 5.74) is 7.90. The first-order chi connectivity index (χ1) is 16.1. The summed E-state index contributed by atoms with van der Waals surface area (Å²) in [5.74, 6) is 1.82. The van der Waals surface area contributed by atoms with Crippen LogP contribution >= 0.6 is 11.3 Å². The Labute approximate surface area is 198 Å². The van der Waals surface area contributed by atoms with Gasteiger partial charge in [-0.3, -0.25) is 0 Å². The van der Waals surface area contributed by atoms with Crippen LogP contribution in [0.25, 0.3) is 27.3 Å². The molecule has 0 spiro atoms. The predicted octanol–water partition coefficient (Wildman–Crippen LogP) is 4.87. The van der Waals surface area contributed by atoms with E-state index in [1.807, 2.05) is 43.7 Å². The van der Waals surface area contributed by atoms with E-state index in [1.54, 1.807) is 6.20 Å². The van der Waals surface area contributed by atoms with E-state index in [-0.39, 0.29) is 0 Å². The lowest BCUT2D eigenvalue weighted by molar-refractivity contribution is 0.478. The highest BCUT2D eigenvalue weighted by Gasteiger charge is 2.12. The van der Waals surface area contributed by atoms with Gasteiger partial charge in [-0.05, 0) is 66.7 Å². The zero-order chi connectivity index (χ0) is 23.0. The Kier molecular flexibility index (Phi) is 7.49. The van der Waals surface area contributed by atoms with E-state index in [0.29, 0.717) is 11.2 Å². The molecule has 8 heteroatoms. The molecule has 1 aliphatic heterocycles. The zero-order valence-corrected chi connectivity index (χ0v) is 19.5. The molecule has 0 aliphatic carbocycles. The molecule has 5 rings (SSSR count). The number of fused-ring (bicyclic) bond motifs is 1. The van der Waals surface area contributed by atoms with E-state index < -0.39 is 0 Å². The third-order valence-corrected chi connectivity index (χ3v) is 6.37. The predicted molar refractivity (Wildman–Crippen MR) is 141 cm³/mol. The van der Waals surface area contributed by atoms with Crippen LogP contribution in [0.15, 0.2) is 61.6 Å². The summed E-state index contributed by atoms with van der Waals surface area (Å²) in [6, 6.07) is 12.8. The van der Waals surface area contributed by atoms with Gasteiger partial charge >= 0.3 is 0 Å². The smallest absolute Gasteiger partial charge is 0.180 e. The lowest BCUT2D eigenvalue weighted by Gasteiger charge is -2.24. The second-order valence-electron chi connectivity index (χ2n) is 7.79. The molecule has 1 aromatic carbocycles. The van der Waals surface area contributed by atoms with Crippen molar-refractivity contribution in [2.45, 2.75) is 18.9 Å². The van der Waals surface area contributed by atoms with Crippen LogP contribution in [0.5, 0.6) is 0 Å². The molecule has 0 atom stereocenters. The monoisotopic (exact) mass is 459 g/mol. The number of nitrogens with two attached hydrogens (primary N) is 1. The van der Waals surface area contributed by atoms with Crippen LogP contribution in [-0.4, -0.2) is 41.1 Å². The number of pyridine rings is 2. The largest absolute Gasteiger partial charge is 0.375 e. The van der Waals surface area contributed by atoms with Gasteiger partial charge in [0.2, 0.25) is 0 Å². The van der Waals surface area contributed by atoms with Crippen LogP contribution in [-0.2, 0) is 0 Å². The van der Waals surface area contributed by atoms with Gasteiger partial charge in [-0.15, -0.1) is 0 Å². The summed E-state index contributed by atoms with van der Waals surface area (Å²) < 4.78 is 0. The van der Waals surface area contributed by atoms with Gasteiger partial charge in [0.05, 0.1) is 4.88 Å². The molecule has 0 unspecified atom stereocenters. The molecule has 1 fully saturated rings. The molecule has 1 saturated heterocycles. The van der Waals surface area contributed by atoms with E-state index in [0.717, 1.165) is 51.5 Å². The van der Waals surface area contributed by atoms with E-state index in [2.05, 4.69) is 55.7 Å². The van der Waals surface area contributed by atoms with Gasteiger partial charge in [-0.25, -0.2) is 15.0 Å². The summed E-state index contributed by atoms with van der Waals surface area (Å²) in [6.45, 7) is 5.95. The maximum atomic E-state index is 5.66. The molecule has 33 heavy (non-hydrogen) atoms. The van der Waals surface area contributed by atoms with Gasteiger partial charge < -0.3 is 21.7 Å². The highest BCUT2D eigenvalue weighted by molar-refractivity contribution is 7.18. The Hall–Kier alpha value is -3.49. The Balaban J connectivity index is 0.000000160. The molecule has 1 aliphatic rings. The second-order valence-corrected chi connectivity index (χ2v) is 8.85. The van der Waals surface area contributed by atoms with Crippen molar-refractivity contribution in [2.75, 3.05) is 36.5 Å². The molecular formula is C25H29N7S. The van der Waals surface area contributed by atoms with Crippen LogP contribution in [0, 0.1) is 0 Å². The van der Waals surface area contributed by atoms with Crippen LogP contribution in [0.2, 0.25) is 0 Å². The number of aromatic nitrogens is 3. The molecule has 4 heterocycles. The topological polar surface area (TPSA) is 101 Å². The fourth-order valence-corrected chi connectivity index (χ4v) is 4.36. The van der Waals surface area contributed by atoms with Gasteiger partial charge in [0.25, 0.3) is 0 Å². The van der Waals surface area contributed by atoms with Crippen molar-refractivity contribution in [3.05, 3.63) is 67.1 Å². The number of nitrogens with one attached hydrogen (secondary N) is 3. The number of piperidine rings is 1. The minimum absolute atomic E-state index is 0.554. The average Bonchev–Trinajstić information content (AvgIpc) is 3.30. The average molecular weight is 460 g/mol. The molecule has 0 amide bonds. The Morgan fingerprint density at radius 3 is 2.61 bits per heavy atom. The Bertz CT molecular complexity index is 1210. The molecule has 170 valence electrons. The van der Waals surface area contributed by atoms with E-state index in [9.17, 15) is 0 Å².